The van der Waals surface area contributed by atoms with Crippen LogP contribution in [-0.2, 0) is 35.5 Å². The van der Waals surface area contributed by atoms with E-state index in [1.54, 1.807) is 48.5 Å². The summed E-state index contributed by atoms with van der Waals surface area (Å²) in [5.74, 6) is -0.0715. The molecule has 0 aliphatic heterocycles. The van der Waals surface area contributed by atoms with Gasteiger partial charge in [0.05, 0.1) is 13.1 Å². The maximum atomic E-state index is 12.6. The van der Waals surface area contributed by atoms with E-state index in [4.69, 9.17) is 20.9 Å². The van der Waals surface area contributed by atoms with Gasteiger partial charge in [-0.25, -0.2) is 0 Å². The van der Waals surface area contributed by atoms with Crippen LogP contribution in [0.2, 0.25) is 0 Å². The lowest BCUT2D eigenvalue weighted by Gasteiger charge is -2.22. The number of anilines is 2. The van der Waals surface area contributed by atoms with Crippen molar-refractivity contribution in [3.63, 3.8) is 0 Å². The molecule has 0 atom stereocenters. The summed E-state index contributed by atoms with van der Waals surface area (Å²) in [7, 11) is 0. The van der Waals surface area contributed by atoms with E-state index in [1.807, 2.05) is 6.92 Å². The molecule has 0 amide bonds. The molecule has 3 aromatic carbocycles. The second kappa shape index (κ2) is 24.9. The summed E-state index contributed by atoms with van der Waals surface area (Å²) >= 11 is 0. The number of benzene rings is 3. The number of carbonyl (C=O) groups excluding carboxylic acids is 2. The first kappa shape index (κ1) is 43.1. The molecule has 292 valence electrons. The van der Waals surface area contributed by atoms with Gasteiger partial charge in [0.2, 0.25) is 0 Å². The van der Waals surface area contributed by atoms with Gasteiger partial charge < -0.3 is 41.8 Å². The lowest BCUT2D eigenvalue weighted by molar-refractivity contribution is -0.134. The van der Waals surface area contributed by atoms with Crippen molar-refractivity contribution in [2.45, 2.75) is 136 Å². The monoisotopic (exact) mass is 732 g/mol. The van der Waals surface area contributed by atoms with Crippen LogP contribution in [0.1, 0.15) is 132 Å². The number of nitrogens with two attached hydrogens (primary N) is 2. The van der Waals surface area contributed by atoms with Crippen molar-refractivity contribution < 1.29 is 29.3 Å². The Morgan fingerprint density at radius 1 is 0.547 bits per heavy atom. The lowest BCUT2D eigenvalue weighted by atomic mass is 9.89. The normalized spacial score (nSPS) is 11.1. The Morgan fingerprint density at radius 2 is 0.943 bits per heavy atom. The molecule has 3 rings (SSSR count). The molecule has 3 aromatic rings. The third-order valence-electron chi connectivity index (χ3n) is 9.47. The van der Waals surface area contributed by atoms with E-state index >= 15 is 0 Å². The van der Waals surface area contributed by atoms with Crippen molar-refractivity contribution >= 4 is 23.3 Å². The zero-order chi connectivity index (χ0) is 38.3. The number of carbonyl (C=O) groups is 2. The molecule has 0 saturated carbocycles. The fraction of sp³-hybridized carbons (Fsp3) is 0.535. The van der Waals surface area contributed by atoms with Crippen molar-refractivity contribution in [2.24, 2.45) is 0 Å². The summed E-state index contributed by atoms with van der Waals surface area (Å²) in [5.41, 5.74) is 15.0. The highest BCUT2D eigenvalue weighted by atomic mass is 16.5. The standard InChI is InChI=1S/C43H64N4O6/c1-3-5-6-7-8-9-10-11-12-13-14-15-16-17-25-37-39(29-47-31-41(49)53-35-24-19-22-33(45)27-35)42(50)36(20-4-2)38(43(37)51)28-46-30-40(48)52-34-23-18-21-32(44)26-34/h18-19,21-24,26-27,46-47,50-51H,3-17,20,25,28-31,44-45H2,1-2H3. The van der Waals surface area contributed by atoms with Gasteiger partial charge in [-0.2, -0.15) is 0 Å². The van der Waals surface area contributed by atoms with Crippen molar-refractivity contribution in [2.75, 3.05) is 24.6 Å². The maximum absolute atomic E-state index is 12.6. The minimum absolute atomic E-state index is 0.0980. The SMILES string of the molecule is CCCCCCCCCCCCCCCCc1c(O)c(CNCC(=O)Oc2cccc(N)c2)c(CCC)c(O)c1CNCC(=O)Oc1cccc(N)c1. The molecular weight excluding hydrogens is 668 g/mol. The minimum Gasteiger partial charge on any atom is -0.507 e. The topological polar surface area (TPSA) is 169 Å². The number of rotatable bonds is 27. The Kier molecular flexibility index (Phi) is 20.2. The minimum atomic E-state index is -0.495. The highest BCUT2D eigenvalue weighted by Crippen LogP contribution is 2.39. The highest BCUT2D eigenvalue weighted by molar-refractivity contribution is 5.75. The summed E-state index contributed by atoms with van der Waals surface area (Å²) in [4.78, 5) is 25.2. The lowest BCUT2D eigenvalue weighted by Crippen LogP contribution is -2.28. The highest BCUT2D eigenvalue weighted by Gasteiger charge is 2.23. The fourth-order valence-corrected chi connectivity index (χ4v) is 6.67. The molecule has 0 radical (unpaired) electrons. The fourth-order valence-electron chi connectivity index (χ4n) is 6.67. The number of ether oxygens (including phenoxy) is 2. The van der Waals surface area contributed by atoms with Gasteiger partial charge in [0.25, 0.3) is 0 Å². The third kappa shape index (κ3) is 16.1. The van der Waals surface area contributed by atoms with E-state index in [1.165, 1.54) is 70.6 Å². The number of aromatic hydroxyl groups is 2. The van der Waals surface area contributed by atoms with Gasteiger partial charge in [-0.05, 0) is 43.5 Å². The number of unbranched alkanes of at least 4 members (excludes halogenated alkanes) is 13. The summed E-state index contributed by atoms with van der Waals surface area (Å²) in [5, 5.41) is 29.6. The Bertz CT molecular complexity index is 1550. The van der Waals surface area contributed by atoms with E-state index < -0.39 is 11.9 Å². The van der Waals surface area contributed by atoms with Crippen LogP contribution in [-0.4, -0.2) is 35.2 Å². The summed E-state index contributed by atoms with van der Waals surface area (Å²) in [6, 6.07) is 13.3. The molecule has 0 saturated heterocycles. The van der Waals surface area contributed by atoms with Gasteiger partial charge >= 0.3 is 11.9 Å². The second-order valence-corrected chi connectivity index (χ2v) is 14.0. The van der Waals surface area contributed by atoms with Crippen molar-refractivity contribution in [3.05, 3.63) is 70.8 Å². The van der Waals surface area contributed by atoms with Crippen LogP contribution in [0.5, 0.6) is 23.0 Å². The summed E-state index contributed by atoms with van der Waals surface area (Å²) in [6.45, 7) is 4.38. The molecule has 10 nitrogen and oxygen atoms in total. The number of phenolic OH excluding ortho intramolecular Hbond substituents is 2. The zero-order valence-corrected chi connectivity index (χ0v) is 32.2. The Labute approximate surface area is 317 Å². The van der Waals surface area contributed by atoms with Crippen LogP contribution in [0.15, 0.2) is 48.5 Å². The third-order valence-corrected chi connectivity index (χ3v) is 9.47. The number of phenols is 2. The Balaban J connectivity index is 1.62. The van der Waals surface area contributed by atoms with Crippen LogP contribution in [0, 0.1) is 0 Å². The van der Waals surface area contributed by atoms with Crippen LogP contribution >= 0.6 is 0 Å². The summed E-state index contributed by atoms with van der Waals surface area (Å²) in [6.07, 6.45) is 19.2. The van der Waals surface area contributed by atoms with Crippen LogP contribution < -0.4 is 31.6 Å². The van der Waals surface area contributed by atoms with Gasteiger partial charge in [0.1, 0.15) is 23.0 Å². The molecule has 53 heavy (non-hydrogen) atoms. The van der Waals surface area contributed by atoms with Crippen LogP contribution in [0.3, 0.4) is 0 Å². The molecule has 10 heteroatoms. The predicted molar refractivity (Wildman–Crippen MR) is 214 cm³/mol. The Morgan fingerprint density at radius 3 is 1.34 bits per heavy atom. The van der Waals surface area contributed by atoms with Crippen LogP contribution in [0.4, 0.5) is 11.4 Å². The van der Waals surface area contributed by atoms with Gasteiger partial charge in [-0.3, -0.25) is 9.59 Å². The first-order valence-electron chi connectivity index (χ1n) is 19.8. The largest absolute Gasteiger partial charge is 0.507 e. The Hall–Kier alpha value is -4.28. The van der Waals surface area contributed by atoms with E-state index in [-0.39, 0.29) is 37.7 Å². The summed E-state index contributed by atoms with van der Waals surface area (Å²) < 4.78 is 10.8. The van der Waals surface area contributed by atoms with Crippen molar-refractivity contribution in [1.29, 1.82) is 0 Å². The molecule has 0 spiro atoms. The quantitative estimate of drug-likeness (QED) is 0.0147. The zero-order valence-electron chi connectivity index (χ0n) is 32.2. The van der Waals surface area contributed by atoms with E-state index in [2.05, 4.69) is 17.6 Å². The average molecular weight is 733 g/mol. The number of esters is 2. The first-order chi connectivity index (χ1) is 25.7. The van der Waals surface area contributed by atoms with Gasteiger partial charge in [-0.1, -0.05) is 116 Å². The van der Waals surface area contributed by atoms with Gasteiger partial charge in [0, 0.05) is 58.9 Å². The number of hydrogen-bond donors (Lipinski definition) is 6. The smallest absolute Gasteiger partial charge is 0.325 e. The first-order valence-corrected chi connectivity index (χ1v) is 19.8. The van der Waals surface area contributed by atoms with Crippen LogP contribution in [0.25, 0.3) is 0 Å². The molecule has 0 aliphatic carbocycles. The molecule has 0 unspecified atom stereocenters. The van der Waals surface area contributed by atoms with Crippen molar-refractivity contribution in [1.82, 2.24) is 10.6 Å². The molecule has 0 heterocycles. The number of hydrogen-bond acceptors (Lipinski definition) is 10. The number of nitrogens with one attached hydrogen (secondary N) is 2. The molecule has 0 aromatic heterocycles. The maximum Gasteiger partial charge on any atom is 0.325 e. The average Bonchev–Trinajstić information content (AvgIpc) is 3.12. The van der Waals surface area contributed by atoms with Gasteiger partial charge in [0.15, 0.2) is 0 Å². The number of nitrogen functional groups attached to an aromatic ring is 2. The van der Waals surface area contributed by atoms with E-state index in [9.17, 15) is 19.8 Å². The molecule has 0 fully saturated rings. The van der Waals surface area contributed by atoms with E-state index in [0.717, 1.165) is 25.7 Å². The molecule has 0 bridgehead atoms. The predicted octanol–water partition coefficient (Wildman–Crippen LogP) is 8.63. The second-order valence-electron chi connectivity index (χ2n) is 14.0. The molecule has 8 N–H and O–H groups in total. The van der Waals surface area contributed by atoms with Crippen molar-refractivity contribution in [3.8, 4) is 23.0 Å². The van der Waals surface area contributed by atoms with Gasteiger partial charge in [-0.15, -0.1) is 0 Å². The molecule has 0 aliphatic rings. The molecular formula is C43H64N4O6. The van der Waals surface area contributed by atoms with E-state index in [0.29, 0.717) is 58.0 Å².